The van der Waals surface area contributed by atoms with Gasteiger partial charge < -0.3 is 14.5 Å². The lowest BCUT2D eigenvalue weighted by atomic mass is 10.1. The first-order chi connectivity index (χ1) is 19.1. The molecule has 6 rings (SSSR count). The molecule has 5 aromatic carbocycles. The number of fused-ring (bicyclic) bond motifs is 3. The Bertz CT molecular complexity index is 1810. The summed E-state index contributed by atoms with van der Waals surface area (Å²) in [5.41, 5.74) is 4.52. The van der Waals surface area contributed by atoms with Gasteiger partial charge in [0.05, 0.1) is 0 Å². The van der Waals surface area contributed by atoms with Gasteiger partial charge in [0, 0.05) is 22.2 Å². The molecule has 0 atom stereocenters. The maximum absolute atomic E-state index is 12.8. The van der Waals surface area contributed by atoms with Crippen LogP contribution in [-0.2, 0) is 6.61 Å². The van der Waals surface area contributed by atoms with Crippen molar-refractivity contribution in [3.05, 3.63) is 126 Å². The first-order valence-corrected chi connectivity index (χ1v) is 12.8. The third kappa shape index (κ3) is 5.49. The lowest BCUT2D eigenvalue weighted by Crippen LogP contribution is -2.34. The largest absolute Gasteiger partial charge is 0.489 e. The zero-order valence-electron chi connectivity index (χ0n) is 20.8. The van der Waals surface area contributed by atoms with Crippen molar-refractivity contribution in [1.29, 1.82) is 0 Å². The highest BCUT2D eigenvalue weighted by Crippen LogP contribution is 2.30. The topological polar surface area (TPSA) is 76.4 Å². The molecule has 0 spiro atoms. The highest BCUT2D eigenvalue weighted by Gasteiger charge is 2.13. The molecule has 6 nitrogen and oxygen atoms in total. The Kier molecular flexibility index (Phi) is 6.72. The minimum absolute atomic E-state index is 0.177. The molecule has 7 heteroatoms. The van der Waals surface area contributed by atoms with Crippen LogP contribution in [0.15, 0.2) is 120 Å². The molecular weight excluding hydrogens is 506 g/mol. The van der Waals surface area contributed by atoms with E-state index in [1.165, 1.54) is 0 Å². The van der Waals surface area contributed by atoms with Crippen molar-refractivity contribution in [3.8, 4) is 17.2 Å². The minimum Gasteiger partial charge on any atom is -0.489 e. The Labute approximate surface area is 230 Å². The van der Waals surface area contributed by atoms with E-state index in [4.69, 9.17) is 26.4 Å². The summed E-state index contributed by atoms with van der Waals surface area (Å²) in [7, 11) is 0. The first kappa shape index (κ1) is 24.3. The fraction of sp³-hybridized carbons (Fsp3) is 0.0312. The second kappa shape index (κ2) is 10.8. The predicted octanol–water partition coefficient (Wildman–Crippen LogP) is 7.35. The number of anilines is 1. The van der Waals surface area contributed by atoms with Crippen LogP contribution in [-0.4, -0.2) is 16.0 Å². The summed E-state index contributed by atoms with van der Waals surface area (Å²) in [5.74, 6) is 0.774. The Morgan fingerprint density at radius 1 is 0.846 bits per heavy atom. The summed E-state index contributed by atoms with van der Waals surface area (Å²) >= 11 is 5.41. The summed E-state index contributed by atoms with van der Waals surface area (Å²) in [5, 5.41) is 8.13. The van der Waals surface area contributed by atoms with Gasteiger partial charge in [-0.3, -0.25) is 10.1 Å². The van der Waals surface area contributed by atoms with Gasteiger partial charge in [-0.2, -0.15) is 0 Å². The van der Waals surface area contributed by atoms with Crippen molar-refractivity contribution in [2.75, 3.05) is 5.32 Å². The van der Waals surface area contributed by atoms with Crippen molar-refractivity contribution < 1.29 is 13.9 Å². The molecule has 39 heavy (non-hydrogen) atoms. The smallest absolute Gasteiger partial charge is 0.257 e. The third-order valence-electron chi connectivity index (χ3n) is 6.22. The van der Waals surface area contributed by atoms with Gasteiger partial charge in [-0.25, -0.2) is 4.98 Å². The molecule has 190 valence electrons. The average molecular weight is 530 g/mol. The molecule has 1 heterocycles. The molecule has 6 aromatic rings. The van der Waals surface area contributed by atoms with Gasteiger partial charge in [0.2, 0.25) is 5.89 Å². The standard InChI is InChI=1S/C32H23N3O3S/c36-30(23-11-7-14-26(19-23)37-20-21-8-2-1-3-9-21)35-32(39)33-25-13-6-12-24(18-25)31-34-29-27-15-5-4-10-22(27)16-17-28(29)38-31/h1-19H,20H2,(H2,33,35,36,39). The van der Waals surface area contributed by atoms with E-state index in [1.807, 2.05) is 91.0 Å². The highest BCUT2D eigenvalue weighted by molar-refractivity contribution is 7.80. The number of rotatable bonds is 6. The SMILES string of the molecule is O=C(NC(=S)Nc1cccc(-c2nc3c(ccc4ccccc43)o2)c1)c1cccc(OCc2ccccc2)c1. The average Bonchev–Trinajstić information content (AvgIpc) is 3.42. The fourth-order valence-corrected chi connectivity index (χ4v) is 4.53. The maximum atomic E-state index is 12.8. The fourth-order valence-electron chi connectivity index (χ4n) is 4.32. The number of thiocarbonyl (C=S) groups is 1. The Morgan fingerprint density at radius 3 is 2.56 bits per heavy atom. The lowest BCUT2D eigenvalue weighted by molar-refractivity contribution is 0.0977. The van der Waals surface area contributed by atoms with Crippen LogP contribution >= 0.6 is 12.2 Å². The summed E-state index contributed by atoms with van der Waals surface area (Å²) in [6.45, 7) is 0.415. The number of nitrogens with zero attached hydrogens (tertiary/aromatic N) is 1. The van der Waals surface area contributed by atoms with Gasteiger partial charge in [-0.1, -0.05) is 72.8 Å². The van der Waals surface area contributed by atoms with E-state index >= 15 is 0 Å². The van der Waals surface area contributed by atoms with Gasteiger partial charge >= 0.3 is 0 Å². The number of aromatic nitrogens is 1. The molecule has 0 unspecified atom stereocenters. The highest BCUT2D eigenvalue weighted by atomic mass is 32.1. The Hall–Kier alpha value is -5.01. The maximum Gasteiger partial charge on any atom is 0.257 e. The van der Waals surface area contributed by atoms with Crippen molar-refractivity contribution in [3.63, 3.8) is 0 Å². The van der Waals surface area contributed by atoms with E-state index in [1.54, 1.807) is 18.2 Å². The molecule has 1 aromatic heterocycles. The summed E-state index contributed by atoms with van der Waals surface area (Å²) in [6, 6.07) is 36.4. The predicted molar refractivity (Wildman–Crippen MR) is 158 cm³/mol. The molecule has 0 saturated carbocycles. The van der Waals surface area contributed by atoms with Crippen LogP contribution < -0.4 is 15.4 Å². The van der Waals surface area contributed by atoms with Crippen LogP contribution in [0.5, 0.6) is 5.75 Å². The number of oxazole rings is 1. The first-order valence-electron chi connectivity index (χ1n) is 12.4. The molecular formula is C32H23N3O3S. The van der Waals surface area contributed by atoms with Crippen LogP contribution in [0.4, 0.5) is 5.69 Å². The number of benzene rings is 5. The molecule has 0 radical (unpaired) electrons. The summed E-state index contributed by atoms with van der Waals surface area (Å²) < 4.78 is 11.9. The van der Waals surface area contributed by atoms with Crippen LogP contribution in [0.1, 0.15) is 15.9 Å². The van der Waals surface area contributed by atoms with Gasteiger partial charge in [0.25, 0.3) is 5.91 Å². The normalized spacial score (nSPS) is 10.9. The van der Waals surface area contributed by atoms with Crippen LogP contribution in [0.2, 0.25) is 0 Å². The van der Waals surface area contributed by atoms with E-state index in [-0.39, 0.29) is 11.0 Å². The molecule has 0 saturated heterocycles. The van der Waals surface area contributed by atoms with E-state index in [0.29, 0.717) is 29.5 Å². The number of carbonyl (C=O) groups is 1. The lowest BCUT2D eigenvalue weighted by Gasteiger charge is -2.11. The van der Waals surface area contributed by atoms with Gasteiger partial charge in [0.1, 0.15) is 17.9 Å². The van der Waals surface area contributed by atoms with E-state index in [9.17, 15) is 4.79 Å². The van der Waals surface area contributed by atoms with E-state index in [0.717, 1.165) is 33.0 Å². The molecule has 0 aliphatic carbocycles. The van der Waals surface area contributed by atoms with Crippen LogP contribution in [0, 0.1) is 0 Å². The van der Waals surface area contributed by atoms with Crippen molar-refractivity contribution in [1.82, 2.24) is 10.3 Å². The van der Waals surface area contributed by atoms with Crippen molar-refractivity contribution >= 4 is 50.8 Å². The van der Waals surface area contributed by atoms with Gasteiger partial charge in [-0.15, -0.1) is 0 Å². The number of carbonyl (C=O) groups excluding carboxylic acids is 1. The number of nitrogens with one attached hydrogen (secondary N) is 2. The Morgan fingerprint density at radius 2 is 1.67 bits per heavy atom. The summed E-state index contributed by atoms with van der Waals surface area (Å²) in [6.07, 6.45) is 0. The number of hydrogen-bond donors (Lipinski definition) is 2. The zero-order valence-corrected chi connectivity index (χ0v) is 21.6. The summed E-state index contributed by atoms with van der Waals surface area (Å²) in [4.78, 5) is 17.6. The molecule has 0 aliphatic rings. The molecule has 0 aliphatic heterocycles. The second-order valence-electron chi connectivity index (χ2n) is 8.94. The van der Waals surface area contributed by atoms with Crippen LogP contribution in [0.3, 0.4) is 0 Å². The number of hydrogen-bond acceptors (Lipinski definition) is 5. The number of ether oxygens (including phenoxy) is 1. The molecule has 0 fully saturated rings. The molecule has 1 amide bonds. The third-order valence-corrected chi connectivity index (χ3v) is 6.43. The number of amides is 1. The molecule has 2 N–H and O–H groups in total. The Balaban J connectivity index is 1.13. The molecule has 0 bridgehead atoms. The van der Waals surface area contributed by atoms with Gasteiger partial charge in [0.15, 0.2) is 10.7 Å². The monoisotopic (exact) mass is 529 g/mol. The van der Waals surface area contributed by atoms with Crippen LogP contribution in [0.25, 0.3) is 33.3 Å². The van der Waals surface area contributed by atoms with E-state index < -0.39 is 0 Å². The zero-order chi connectivity index (χ0) is 26.6. The van der Waals surface area contributed by atoms with E-state index in [2.05, 4.69) is 16.7 Å². The minimum atomic E-state index is -0.334. The second-order valence-corrected chi connectivity index (χ2v) is 9.35. The van der Waals surface area contributed by atoms with Crippen molar-refractivity contribution in [2.24, 2.45) is 0 Å². The quantitative estimate of drug-likeness (QED) is 0.220. The van der Waals surface area contributed by atoms with Crippen molar-refractivity contribution in [2.45, 2.75) is 6.61 Å². The van der Waals surface area contributed by atoms with Gasteiger partial charge in [-0.05, 0) is 65.6 Å².